The first-order chi connectivity index (χ1) is 19.3. The largest absolute Gasteiger partial charge is 0.416 e. The molecule has 5 heterocycles. The molecule has 0 atom stereocenters. The highest BCUT2D eigenvalue weighted by Gasteiger charge is 2.31. The maximum absolute atomic E-state index is 13.1. The van der Waals surface area contributed by atoms with Gasteiger partial charge in [0.25, 0.3) is 11.5 Å². The molecule has 200 valence electrons. The molecule has 0 spiro atoms. The number of anilines is 2. The summed E-state index contributed by atoms with van der Waals surface area (Å²) in [6, 6.07) is 14.3. The molecule has 1 amide bonds. The predicted octanol–water partition coefficient (Wildman–Crippen LogP) is 5.08. The smallest absolute Gasteiger partial charge is 0.369 e. The van der Waals surface area contributed by atoms with Gasteiger partial charge in [-0.3, -0.25) is 9.78 Å². The first-order valence-electron chi connectivity index (χ1n) is 12.3. The van der Waals surface area contributed by atoms with Gasteiger partial charge in [0, 0.05) is 48.5 Å². The van der Waals surface area contributed by atoms with Crippen LogP contribution in [-0.4, -0.2) is 37.0 Å². The van der Waals surface area contributed by atoms with E-state index >= 15 is 0 Å². The van der Waals surface area contributed by atoms with E-state index < -0.39 is 17.6 Å². The Labute approximate surface area is 225 Å². The number of hydrogen-bond acceptors (Lipinski definition) is 7. The van der Waals surface area contributed by atoms with Crippen LogP contribution in [0.1, 0.15) is 21.6 Å². The third kappa shape index (κ3) is 4.86. The van der Waals surface area contributed by atoms with Crippen LogP contribution in [0.5, 0.6) is 0 Å². The molecule has 0 aliphatic carbocycles. The van der Waals surface area contributed by atoms with Crippen molar-refractivity contribution in [1.29, 1.82) is 0 Å². The third-order valence-corrected chi connectivity index (χ3v) is 6.46. The van der Waals surface area contributed by atoms with Crippen LogP contribution in [0.2, 0.25) is 0 Å². The summed E-state index contributed by atoms with van der Waals surface area (Å²) >= 11 is 0. The summed E-state index contributed by atoms with van der Waals surface area (Å²) in [6.45, 7) is 3.31. The second-order valence-corrected chi connectivity index (χ2v) is 9.15. The fraction of sp³-hybridized carbons (Fsp3) is 0.143. The van der Waals surface area contributed by atoms with Gasteiger partial charge in [0.2, 0.25) is 0 Å². The van der Waals surface area contributed by atoms with Crippen molar-refractivity contribution in [2.75, 3.05) is 17.2 Å². The molecule has 1 aromatic carbocycles. The van der Waals surface area contributed by atoms with E-state index in [1.165, 1.54) is 0 Å². The lowest BCUT2D eigenvalue weighted by molar-refractivity contribution is -0.137. The molecule has 0 saturated heterocycles. The van der Waals surface area contributed by atoms with Gasteiger partial charge in [-0.25, -0.2) is 9.97 Å². The minimum atomic E-state index is -4.58. The zero-order valence-electron chi connectivity index (χ0n) is 21.1. The standard InChI is InChI=1S/C28H21F3N8O/c1-16-5-6-19(36-26(40)22-13-18(7-9-32-22)28(29,30)31)14-20(16)21-12-17-15-35-27(37-23-4-2-3-8-33-23)38-24(17)39-11-10-34-25(21)39/h2-9,12-15,34H,10-11H2,1H3,(H,36,40)/b37-27-. The zero-order chi connectivity index (χ0) is 27.9. The van der Waals surface area contributed by atoms with Crippen molar-refractivity contribution < 1.29 is 18.0 Å². The summed E-state index contributed by atoms with van der Waals surface area (Å²) in [5.41, 5.74) is 2.88. The van der Waals surface area contributed by atoms with Gasteiger partial charge in [0.15, 0.2) is 5.82 Å². The van der Waals surface area contributed by atoms with E-state index in [-0.39, 0.29) is 5.69 Å². The van der Waals surface area contributed by atoms with Gasteiger partial charge in [-0.05, 0) is 60.5 Å². The van der Waals surface area contributed by atoms with E-state index in [1.807, 2.05) is 25.1 Å². The van der Waals surface area contributed by atoms with Crippen molar-refractivity contribution in [3.8, 4) is 22.5 Å². The maximum atomic E-state index is 13.1. The summed E-state index contributed by atoms with van der Waals surface area (Å²) in [5.74, 6) is 1.33. The van der Waals surface area contributed by atoms with Gasteiger partial charge >= 0.3 is 6.18 Å². The quantitative estimate of drug-likeness (QED) is 0.328. The average molecular weight is 543 g/mol. The van der Waals surface area contributed by atoms with Crippen LogP contribution < -0.4 is 16.3 Å². The van der Waals surface area contributed by atoms with E-state index in [4.69, 9.17) is 0 Å². The second-order valence-electron chi connectivity index (χ2n) is 9.15. The lowest BCUT2D eigenvalue weighted by Crippen LogP contribution is -2.17. The lowest BCUT2D eigenvalue weighted by Gasteiger charge is -2.19. The molecule has 6 rings (SSSR count). The second kappa shape index (κ2) is 9.88. The number of carbonyl (C=O) groups excluding carboxylic acids is 1. The number of alkyl halides is 3. The first kappa shape index (κ1) is 25.2. The van der Waals surface area contributed by atoms with Gasteiger partial charge < -0.3 is 15.2 Å². The number of aromatic nitrogens is 5. The fourth-order valence-electron chi connectivity index (χ4n) is 4.56. The number of nitrogens with one attached hydrogen (secondary N) is 2. The molecule has 0 bridgehead atoms. The van der Waals surface area contributed by atoms with Crippen LogP contribution >= 0.6 is 0 Å². The van der Waals surface area contributed by atoms with Crippen molar-refractivity contribution in [3.05, 3.63) is 95.6 Å². The maximum Gasteiger partial charge on any atom is 0.416 e. The molecular formula is C28H21F3N8O. The molecule has 2 aromatic heterocycles. The Morgan fingerprint density at radius 1 is 1.02 bits per heavy atom. The molecule has 2 N–H and O–H groups in total. The van der Waals surface area contributed by atoms with Crippen molar-refractivity contribution >= 4 is 23.2 Å². The van der Waals surface area contributed by atoms with Crippen LogP contribution in [0.25, 0.3) is 22.5 Å². The van der Waals surface area contributed by atoms with Gasteiger partial charge in [0.1, 0.15) is 17.3 Å². The van der Waals surface area contributed by atoms with E-state index in [1.54, 1.807) is 36.7 Å². The SMILES string of the molecule is Cc1ccc(NC(=O)c2cc(C(F)(F)F)ccn2)cc1-c1cc2cn/c(=N/c3ccccn3)nc-2n2c1NCC2. The molecular weight excluding hydrogens is 521 g/mol. The number of amides is 1. The van der Waals surface area contributed by atoms with E-state index in [0.29, 0.717) is 36.0 Å². The Hall–Kier alpha value is -5.13. The van der Waals surface area contributed by atoms with Gasteiger partial charge in [-0.15, -0.1) is 0 Å². The Kier molecular flexibility index (Phi) is 6.21. The average Bonchev–Trinajstić information content (AvgIpc) is 3.45. The van der Waals surface area contributed by atoms with E-state index in [9.17, 15) is 18.0 Å². The number of benzene rings is 1. The molecule has 0 saturated carbocycles. The van der Waals surface area contributed by atoms with Crippen LogP contribution in [0.15, 0.2) is 78.2 Å². The van der Waals surface area contributed by atoms with E-state index in [2.05, 4.69) is 40.1 Å². The van der Waals surface area contributed by atoms with Crippen molar-refractivity contribution in [3.63, 3.8) is 0 Å². The molecule has 9 nitrogen and oxygen atoms in total. The molecule has 3 aliphatic heterocycles. The molecule has 3 aliphatic rings. The van der Waals surface area contributed by atoms with Crippen LogP contribution in [-0.2, 0) is 12.7 Å². The summed E-state index contributed by atoms with van der Waals surface area (Å²) in [5, 5.41) is 6.09. The first-order valence-corrected chi connectivity index (χ1v) is 12.3. The molecule has 0 radical (unpaired) electrons. The summed E-state index contributed by atoms with van der Waals surface area (Å²) in [4.78, 5) is 34.3. The number of halogens is 3. The molecule has 3 aromatic rings. The fourth-order valence-corrected chi connectivity index (χ4v) is 4.56. The number of aryl methyl sites for hydroxylation is 1. The number of pyridine rings is 3. The van der Waals surface area contributed by atoms with Crippen LogP contribution in [0.4, 0.5) is 30.5 Å². The number of carbonyl (C=O) groups is 1. The lowest BCUT2D eigenvalue weighted by atomic mass is 9.98. The minimum absolute atomic E-state index is 0.296. The Bertz CT molecular complexity index is 1780. The predicted molar refractivity (Wildman–Crippen MR) is 142 cm³/mol. The van der Waals surface area contributed by atoms with Crippen LogP contribution in [0.3, 0.4) is 0 Å². The van der Waals surface area contributed by atoms with Crippen molar-refractivity contribution in [2.45, 2.75) is 19.6 Å². The molecule has 0 unspecified atom stereocenters. The van der Waals surface area contributed by atoms with Gasteiger partial charge in [-0.2, -0.15) is 23.1 Å². The van der Waals surface area contributed by atoms with Crippen molar-refractivity contribution in [2.24, 2.45) is 4.99 Å². The van der Waals surface area contributed by atoms with Crippen molar-refractivity contribution in [1.82, 2.24) is 24.5 Å². The summed E-state index contributed by atoms with van der Waals surface area (Å²) < 4.78 is 41.4. The number of hydrogen-bond donors (Lipinski definition) is 2. The Balaban J connectivity index is 1.37. The summed E-state index contributed by atoms with van der Waals surface area (Å²) in [6.07, 6.45) is -0.249. The van der Waals surface area contributed by atoms with Gasteiger partial charge in [0.05, 0.1) is 5.56 Å². The van der Waals surface area contributed by atoms with Gasteiger partial charge in [-0.1, -0.05) is 12.1 Å². The zero-order valence-corrected chi connectivity index (χ0v) is 21.1. The highest BCUT2D eigenvalue weighted by molar-refractivity contribution is 6.03. The number of rotatable bonds is 4. The Morgan fingerprint density at radius 3 is 2.70 bits per heavy atom. The van der Waals surface area contributed by atoms with Crippen LogP contribution in [0, 0.1) is 6.92 Å². The topological polar surface area (TPSA) is 110 Å². The molecule has 0 fully saturated rings. The molecule has 12 heteroatoms. The normalized spacial score (nSPS) is 13.2. The monoisotopic (exact) mass is 542 g/mol. The Morgan fingerprint density at radius 2 is 1.90 bits per heavy atom. The third-order valence-electron chi connectivity index (χ3n) is 6.46. The number of nitrogens with zero attached hydrogens (tertiary/aromatic N) is 6. The minimum Gasteiger partial charge on any atom is -0.369 e. The van der Waals surface area contributed by atoms with E-state index in [0.717, 1.165) is 46.4 Å². The highest BCUT2D eigenvalue weighted by atomic mass is 19.4. The molecule has 40 heavy (non-hydrogen) atoms. The number of fused-ring (bicyclic) bond motifs is 3. The summed E-state index contributed by atoms with van der Waals surface area (Å²) in [7, 11) is 0. The highest BCUT2D eigenvalue weighted by Crippen LogP contribution is 2.39.